The molecule has 1 aromatic heterocycles. The fourth-order valence-corrected chi connectivity index (χ4v) is 5.07. The second-order valence-electron chi connectivity index (χ2n) is 8.52. The van der Waals surface area contributed by atoms with Crippen molar-refractivity contribution in [3.05, 3.63) is 75.9 Å². The Hall–Kier alpha value is -2.46. The highest BCUT2D eigenvalue weighted by atomic mass is 79.9. The number of aromatic nitrogens is 1. The van der Waals surface area contributed by atoms with Gasteiger partial charge in [0.2, 0.25) is 0 Å². The third-order valence-corrected chi connectivity index (χ3v) is 6.27. The van der Waals surface area contributed by atoms with E-state index < -0.39 is 0 Å². The molecular formula is C24H21BrN2O. The fourth-order valence-electron chi connectivity index (χ4n) is 4.65. The average molecular weight is 433 g/mol. The molecule has 2 heterocycles. The van der Waals surface area contributed by atoms with E-state index in [0.717, 1.165) is 44.2 Å². The van der Waals surface area contributed by atoms with E-state index in [0.29, 0.717) is 6.42 Å². The van der Waals surface area contributed by atoms with Gasteiger partial charge in [-0.2, -0.15) is 0 Å². The van der Waals surface area contributed by atoms with Crippen LogP contribution >= 0.6 is 15.9 Å². The van der Waals surface area contributed by atoms with Crippen molar-refractivity contribution >= 4 is 43.9 Å². The number of carbonyl (C=O) groups excluding carboxylic acids is 1. The lowest BCUT2D eigenvalue weighted by molar-refractivity contribution is -0.118. The van der Waals surface area contributed by atoms with Crippen molar-refractivity contribution in [2.24, 2.45) is 5.41 Å². The molecule has 28 heavy (non-hydrogen) atoms. The summed E-state index contributed by atoms with van der Waals surface area (Å²) in [4.78, 5) is 17.9. The zero-order chi connectivity index (χ0) is 19.5. The number of pyridine rings is 1. The molecule has 0 saturated heterocycles. The van der Waals surface area contributed by atoms with Gasteiger partial charge in [0.25, 0.3) is 0 Å². The van der Waals surface area contributed by atoms with E-state index in [9.17, 15) is 4.79 Å². The van der Waals surface area contributed by atoms with Crippen molar-refractivity contribution < 1.29 is 4.79 Å². The van der Waals surface area contributed by atoms with Crippen LogP contribution in [-0.2, 0) is 4.79 Å². The summed E-state index contributed by atoms with van der Waals surface area (Å²) in [6.45, 7) is 4.38. The molecule has 3 nitrogen and oxygen atoms in total. The van der Waals surface area contributed by atoms with E-state index in [2.05, 4.69) is 70.4 Å². The molecule has 140 valence electrons. The van der Waals surface area contributed by atoms with Crippen molar-refractivity contribution in [3.8, 4) is 0 Å². The van der Waals surface area contributed by atoms with Gasteiger partial charge in [-0.05, 0) is 53.3 Å². The Bertz CT molecular complexity index is 1160. The zero-order valence-corrected chi connectivity index (χ0v) is 17.5. The van der Waals surface area contributed by atoms with E-state index in [1.165, 1.54) is 5.57 Å². The number of hydrogen-bond donors (Lipinski definition) is 1. The van der Waals surface area contributed by atoms with Gasteiger partial charge in [-0.15, -0.1) is 0 Å². The molecule has 1 atom stereocenters. The van der Waals surface area contributed by atoms with Crippen molar-refractivity contribution in [2.45, 2.75) is 32.7 Å². The number of allylic oxidation sites excluding steroid dienone is 1. The predicted octanol–water partition coefficient (Wildman–Crippen LogP) is 6.31. The van der Waals surface area contributed by atoms with Crippen LogP contribution in [0.1, 0.15) is 43.9 Å². The van der Waals surface area contributed by atoms with Crippen LogP contribution in [0.2, 0.25) is 0 Å². The van der Waals surface area contributed by atoms with Crippen LogP contribution in [0, 0.1) is 5.41 Å². The average Bonchev–Trinajstić information content (AvgIpc) is 2.66. The fraction of sp³-hybridized carbons (Fsp3) is 0.250. The normalized spacial score (nSPS) is 20.5. The number of nitrogens with zero attached hydrogens (tertiary/aromatic N) is 1. The molecule has 0 amide bonds. The first-order valence-corrected chi connectivity index (χ1v) is 10.4. The van der Waals surface area contributed by atoms with Gasteiger partial charge in [0, 0.05) is 39.3 Å². The van der Waals surface area contributed by atoms with Gasteiger partial charge in [0.1, 0.15) is 0 Å². The van der Waals surface area contributed by atoms with E-state index in [4.69, 9.17) is 0 Å². The van der Waals surface area contributed by atoms with Gasteiger partial charge in [0.15, 0.2) is 5.78 Å². The lowest BCUT2D eigenvalue weighted by atomic mass is 9.68. The van der Waals surface area contributed by atoms with Crippen LogP contribution < -0.4 is 5.32 Å². The van der Waals surface area contributed by atoms with Gasteiger partial charge in [-0.25, -0.2) is 0 Å². The van der Waals surface area contributed by atoms with Crippen LogP contribution in [0.4, 0.5) is 5.69 Å². The van der Waals surface area contributed by atoms with Gasteiger partial charge >= 0.3 is 0 Å². The summed E-state index contributed by atoms with van der Waals surface area (Å²) in [5.41, 5.74) is 6.34. The van der Waals surface area contributed by atoms with Gasteiger partial charge < -0.3 is 5.32 Å². The molecule has 5 rings (SSSR count). The van der Waals surface area contributed by atoms with Crippen LogP contribution in [0.15, 0.2) is 64.8 Å². The molecule has 4 heteroatoms. The standard InChI is InChI=1S/C24H21BrN2O/c1-24(2)12-17-21-16-7-4-10-26-18(16)8-9-19(21)27-23(22(17)20(28)13-24)14-5-3-6-15(25)11-14/h3-11,23,27H,12-13H2,1-2H3/t23-/m0/s1. The lowest BCUT2D eigenvalue weighted by Crippen LogP contribution is -2.33. The molecule has 1 aliphatic carbocycles. The molecule has 0 saturated carbocycles. The molecule has 3 aromatic rings. The number of halogens is 1. The smallest absolute Gasteiger partial charge is 0.162 e. The van der Waals surface area contributed by atoms with Crippen LogP contribution in [0.5, 0.6) is 0 Å². The summed E-state index contributed by atoms with van der Waals surface area (Å²) in [6.07, 6.45) is 3.29. The molecule has 0 unspecified atom stereocenters. The summed E-state index contributed by atoms with van der Waals surface area (Å²) in [5, 5.41) is 4.77. The quantitative estimate of drug-likeness (QED) is 0.489. The number of nitrogens with one attached hydrogen (secondary N) is 1. The topological polar surface area (TPSA) is 42.0 Å². The first-order valence-electron chi connectivity index (χ1n) is 9.59. The van der Waals surface area contributed by atoms with E-state index >= 15 is 0 Å². The maximum Gasteiger partial charge on any atom is 0.162 e. The highest BCUT2D eigenvalue weighted by Gasteiger charge is 2.40. The highest BCUT2D eigenvalue weighted by Crippen LogP contribution is 2.51. The molecular weight excluding hydrogens is 412 g/mol. The Balaban J connectivity index is 1.81. The summed E-state index contributed by atoms with van der Waals surface area (Å²) >= 11 is 3.58. The summed E-state index contributed by atoms with van der Waals surface area (Å²) in [7, 11) is 0. The third-order valence-electron chi connectivity index (χ3n) is 5.78. The van der Waals surface area contributed by atoms with Gasteiger partial charge in [0.05, 0.1) is 11.6 Å². The number of anilines is 1. The minimum atomic E-state index is -0.127. The summed E-state index contributed by atoms with van der Waals surface area (Å²) < 4.78 is 1.02. The first kappa shape index (κ1) is 17.6. The maximum absolute atomic E-state index is 13.3. The Morgan fingerprint density at radius 2 is 1.96 bits per heavy atom. The zero-order valence-electron chi connectivity index (χ0n) is 15.9. The van der Waals surface area contributed by atoms with Crippen molar-refractivity contribution in [1.82, 2.24) is 4.98 Å². The van der Waals surface area contributed by atoms with Crippen LogP contribution in [0.3, 0.4) is 0 Å². The second-order valence-corrected chi connectivity index (χ2v) is 9.44. The third kappa shape index (κ3) is 2.78. The molecule has 0 spiro atoms. The van der Waals surface area contributed by atoms with E-state index in [1.54, 1.807) is 0 Å². The molecule has 0 radical (unpaired) electrons. The monoisotopic (exact) mass is 432 g/mol. The Morgan fingerprint density at radius 3 is 2.79 bits per heavy atom. The van der Waals surface area contributed by atoms with Crippen LogP contribution in [-0.4, -0.2) is 10.8 Å². The minimum absolute atomic E-state index is 0.0449. The van der Waals surface area contributed by atoms with Gasteiger partial charge in [-0.1, -0.05) is 48.0 Å². The molecule has 2 aliphatic rings. The first-order chi connectivity index (χ1) is 13.4. The number of hydrogen-bond acceptors (Lipinski definition) is 3. The number of ketones is 1. The molecule has 0 fully saturated rings. The van der Waals surface area contributed by atoms with E-state index in [-0.39, 0.29) is 17.2 Å². The largest absolute Gasteiger partial charge is 0.373 e. The minimum Gasteiger partial charge on any atom is -0.373 e. The molecule has 1 aliphatic heterocycles. The summed E-state index contributed by atoms with van der Waals surface area (Å²) in [6, 6.07) is 16.3. The molecule has 0 bridgehead atoms. The van der Waals surface area contributed by atoms with Crippen molar-refractivity contribution in [1.29, 1.82) is 0 Å². The SMILES string of the molecule is CC1(C)CC(=O)C2=C(C1)c1c(ccc3ncccc13)N[C@H]2c1cccc(Br)c1. The second kappa shape index (κ2) is 6.28. The number of benzene rings is 2. The Morgan fingerprint density at radius 1 is 1.11 bits per heavy atom. The number of carbonyl (C=O) groups is 1. The Labute approximate surface area is 173 Å². The van der Waals surface area contributed by atoms with Crippen molar-refractivity contribution in [3.63, 3.8) is 0 Å². The highest BCUT2D eigenvalue weighted by molar-refractivity contribution is 9.10. The molecule has 1 N–H and O–H groups in total. The maximum atomic E-state index is 13.3. The number of rotatable bonds is 1. The lowest BCUT2D eigenvalue weighted by Gasteiger charge is -2.40. The van der Waals surface area contributed by atoms with Gasteiger partial charge in [-0.3, -0.25) is 9.78 Å². The Kier molecular flexibility index (Phi) is 3.95. The summed E-state index contributed by atoms with van der Waals surface area (Å²) in [5.74, 6) is 0.246. The molecule has 2 aromatic carbocycles. The number of fused-ring (bicyclic) bond motifs is 4. The van der Waals surface area contributed by atoms with Crippen LogP contribution in [0.25, 0.3) is 16.5 Å². The number of Topliss-reactive ketones (excluding diaryl/α,β-unsaturated/α-hetero) is 1. The van der Waals surface area contributed by atoms with Crippen molar-refractivity contribution in [2.75, 3.05) is 5.32 Å². The van der Waals surface area contributed by atoms with E-state index in [1.807, 2.05) is 24.4 Å². The predicted molar refractivity (Wildman–Crippen MR) is 117 cm³/mol.